The van der Waals surface area contributed by atoms with E-state index in [1.54, 1.807) is 23.9 Å². The number of hydrogen-bond acceptors (Lipinski definition) is 3. The monoisotopic (exact) mass is 282 g/mol. The first-order valence-corrected chi connectivity index (χ1v) is 7.09. The average molecular weight is 282 g/mol. The molecule has 0 saturated heterocycles. The molecule has 0 bridgehead atoms. The summed E-state index contributed by atoms with van der Waals surface area (Å²) in [5, 5.41) is 0. The lowest BCUT2D eigenvalue weighted by molar-refractivity contribution is 0.399. The minimum atomic E-state index is 0.577. The lowest BCUT2D eigenvalue weighted by atomic mass is 10.2. The Morgan fingerprint density at radius 2 is 1.90 bits per heavy atom. The molecule has 0 aliphatic rings. The maximum absolute atomic E-state index is 7.00. The molecule has 20 heavy (non-hydrogen) atoms. The molecule has 102 valence electrons. The lowest BCUT2D eigenvalue weighted by Gasteiger charge is -2.14. The molecule has 4 heteroatoms. The highest BCUT2D eigenvalue weighted by molar-refractivity contribution is 7.99. The summed E-state index contributed by atoms with van der Waals surface area (Å²) in [6.45, 7) is 7.89. The van der Waals surface area contributed by atoms with Crippen LogP contribution in [-0.2, 0) is 6.54 Å². The van der Waals surface area contributed by atoms with E-state index < -0.39 is 0 Å². The Kier molecular flexibility index (Phi) is 4.67. The molecule has 0 fully saturated rings. The highest BCUT2D eigenvalue weighted by atomic mass is 32.2. The smallest absolute Gasteiger partial charge is 0.189 e. The number of benzene rings is 2. The SMILES string of the molecule is [C-]#[N+]c1ccc(Sc2ccccc2CN(C)[11CH3])c(N)c1. The molecule has 0 saturated carbocycles. The van der Waals surface area contributed by atoms with Gasteiger partial charge >= 0.3 is 0 Å². The molecule has 0 aliphatic heterocycles. The van der Waals surface area contributed by atoms with Crippen molar-refractivity contribution >= 4 is 23.1 Å². The van der Waals surface area contributed by atoms with Gasteiger partial charge in [0.05, 0.1) is 6.57 Å². The van der Waals surface area contributed by atoms with Crippen molar-refractivity contribution in [3.8, 4) is 0 Å². The highest BCUT2D eigenvalue weighted by Crippen LogP contribution is 2.36. The average Bonchev–Trinajstić information content (AvgIpc) is 2.42. The van der Waals surface area contributed by atoms with Gasteiger partial charge in [-0.2, -0.15) is 0 Å². The number of rotatable bonds is 4. The van der Waals surface area contributed by atoms with E-state index >= 15 is 0 Å². The summed E-state index contributed by atoms with van der Waals surface area (Å²) in [6, 6.07) is 13.8. The van der Waals surface area contributed by atoms with E-state index in [1.807, 2.05) is 18.2 Å². The molecule has 0 aromatic heterocycles. The second kappa shape index (κ2) is 6.47. The summed E-state index contributed by atoms with van der Waals surface area (Å²) < 4.78 is 0. The summed E-state index contributed by atoms with van der Waals surface area (Å²) in [5.74, 6) is 0. The van der Waals surface area contributed by atoms with Crippen molar-refractivity contribution in [1.29, 1.82) is 0 Å². The maximum atomic E-state index is 7.00. The van der Waals surface area contributed by atoms with Crippen LogP contribution in [0.1, 0.15) is 5.56 Å². The van der Waals surface area contributed by atoms with Crippen LogP contribution in [-0.4, -0.2) is 19.0 Å². The van der Waals surface area contributed by atoms with Gasteiger partial charge in [0.1, 0.15) is 0 Å². The summed E-state index contributed by atoms with van der Waals surface area (Å²) in [5.41, 5.74) is 8.53. The molecule has 2 aromatic carbocycles. The quantitative estimate of drug-likeness (QED) is 0.679. The Balaban J connectivity index is 2.28. The van der Waals surface area contributed by atoms with Gasteiger partial charge in [-0.15, -0.1) is 0 Å². The molecule has 3 nitrogen and oxygen atoms in total. The molecule has 0 atom stereocenters. The molecule has 0 aliphatic carbocycles. The minimum Gasteiger partial charge on any atom is -0.399 e. The van der Waals surface area contributed by atoms with E-state index in [-0.39, 0.29) is 0 Å². The third-order valence-electron chi connectivity index (χ3n) is 2.80. The van der Waals surface area contributed by atoms with Crippen LogP contribution in [0, 0.1) is 6.57 Å². The standard InChI is InChI=1S/C16H17N3S/c1-18-13-8-9-16(14(17)10-13)20-15-7-5-4-6-12(15)11-19(2)3/h4-10H,11,17H2,2-3H3/i2-1. The van der Waals surface area contributed by atoms with Crippen LogP contribution >= 0.6 is 11.8 Å². The number of nitrogens with zero attached hydrogens (tertiary/aromatic N) is 2. The second-order valence-electron chi connectivity index (χ2n) is 4.78. The molecule has 0 radical (unpaired) electrons. The number of hydrogen-bond donors (Lipinski definition) is 1. The zero-order valence-corrected chi connectivity index (χ0v) is 12.4. The van der Waals surface area contributed by atoms with Gasteiger partial charge < -0.3 is 10.6 Å². The predicted molar refractivity (Wildman–Crippen MR) is 85.1 cm³/mol. The fourth-order valence-corrected chi connectivity index (χ4v) is 2.85. The Hall–Kier alpha value is -1.96. The third kappa shape index (κ3) is 3.53. The molecule has 0 heterocycles. The summed E-state index contributed by atoms with van der Waals surface area (Å²) in [4.78, 5) is 7.72. The number of nitrogen functional groups attached to an aromatic ring is 1. The van der Waals surface area contributed by atoms with E-state index in [2.05, 4.69) is 36.0 Å². The van der Waals surface area contributed by atoms with E-state index in [4.69, 9.17) is 12.3 Å². The van der Waals surface area contributed by atoms with Crippen LogP contribution in [0.15, 0.2) is 52.3 Å². The molecule has 0 amide bonds. The van der Waals surface area contributed by atoms with Gasteiger partial charge in [-0.05, 0) is 31.8 Å². The van der Waals surface area contributed by atoms with Crippen molar-refractivity contribution in [2.75, 3.05) is 19.8 Å². The van der Waals surface area contributed by atoms with Gasteiger partial charge in [0.25, 0.3) is 0 Å². The van der Waals surface area contributed by atoms with Crippen molar-refractivity contribution < 1.29 is 0 Å². The van der Waals surface area contributed by atoms with Gasteiger partial charge in [0.15, 0.2) is 5.69 Å². The Morgan fingerprint density at radius 1 is 1.15 bits per heavy atom. The lowest BCUT2D eigenvalue weighted by Crippen LogP contribution is -2.11. The molecular formula is C16H17N3S. The van der Waals surface area contributed by atoms with Crippen LogP contribution in [0.2, 0.25) is 0 Å². The van der Waals surface area contributed by atoms with E-state index in [1.165, 1.54) is 10.5 Å². The van der Waals surface area contributed by atoms with Crippen molar-refractivity contribution in [1.82, 2.24) is 4.90 Å². The second-order valence-corrected chi connectivity index (χ2v) is 5.87. The van der Waals surface area contributed by atoms with Crippen molar-refractivity contribution in [2.45, 2.75) is 16.3 Å². The predicted octanol–water partition coefficient (Wildman–Crippen LogP) is 4.03. The van der Waals surface area contributed by atoms with Crippen molar-refractivity contribution in [3.63, 3.8) is 0 Å². The van der Waals surface area contributed by atoms with Crippen molar-refractivity contribution in [2.24, 2.45) is 0 Å². The Morgan fingerprint density at radius 3 is 2.55 bits per heavy atom. The Bertz CT molecular complexity index is 644. The molecule has 2 aromatic rings. The van der Waals surface area contributed by atoms with Crippen molar-refractivity contribution in [3.05, 3.63) is 59.4 Å². The third-order valence-corrected chi connectivity index (χ3v) is 4.01. The van der Waals surface area contributed by atoms with Crippen LogP contribution in [0.5, 0.6) is 0 Å². The first kappa shape index (κ1) is 14.4. The van der Waals surface area contributed by atoms with Gasteiger partial charge in [0.2, 0.25) is 0 Å². The van der Waals surface area contributed by atoms with E-state index in [0.717, 1.165) is 11.4 Å². The first-order valence-electron chi connectivity index (χ1n) is 6.27. The topological polar surface area (TPSA) is 33.6 Å². The molecule has 2 N–H and O–H groups in total. The zero-order chi connectivity index (χ0) is 14.5. The fraction of sp³-hybridized carbons (Fsp3) is 0.188. The van der Waals surface area contributed by atoms with E-state index in [0.29, 0.717) is 11.4 Å². The van der Waals surface area contributed by atoms with E-state index in [9.17, 15) is 0 Å². The zero-order valence-electron chi connectivity index (χ0n) is 11.6. The Labute approximate surface area is 124 Å². The normalized spacial score (nSPS) is 10.5. The molecule has 0 unspecified atom stereocenters. The first-order chi connectivity index (χ1) is 9.60. The van der Waals surface area contributed by atoms with Crippen LogP contribution < -0.4 is 5.73 Å². The maximum Gasteiger partial charge on any atom is 0.189 e. The van der Waals surface area contributed by atoms with Crippen LogP contribution in [0.3, 0.4) is 0 Å². The highest BCUT2D eigenvalue weighted by Gasteiger charge is 2.07. The summed E-state index contributed by atoms with van der Waals surface area (Å²) in [7, 11) is 4.11. The van der Waals surface area contributed by atoms with Gasteiger partial charge in [0, 0.05) is 22.0 Å². The molecular weight excluding hydrogens is 265 g/mol. The van der Waals surface area contributed by atoms with Crippen LogP contribution in [0.25, 0.3) is 4.85 Å². The molecule has 2 rings (SSSR count). The summed E-state index contributed by atoms with van der Waals surface area (Å²) in [6.07, 6.45) is 0. The number of nitrogens with two attached hydrogens (primary N) is 1. The molecule has 0 spiro atoms. The fourth-order valence-electron chi connectivity index (χ4n) is 1.89. The van der Waals surface area contributed by atoms with Gasteiger partial charge in [-0.3, -0.25) is 0 Å². The largest absolute Gasteiger partial charge is 0.399 e. The minimum absolute atomic E-state index is 0.577. The number of anilines is 1. The van der Waals surface area contributed by atoms with Gasteiger partial charge in [-0.25, -0.2) is 4.85 Å². The summed E-state index contributed by atoms with van der Waals surface area (Å²) >= 11 is 1.65. The van der Waals surface area contributed by atoms with Crippen LogP contribution in [0.4, 0.5) is 11.4 Å². The van der Waals surface area contributed by atoms with Gasteiger partial charge in [-0.1, -0.05) is 42.1 Å².